The molecule has 0 fully saturated rings. The van der Waals surface area contributed by atoms with Crippen LogP contribution >= 0.6 is 23.4 Å². The Kier molecular flexibility index (Phi) is 10.3. The Bertz CT molecular complexity index is 1050. The SMILES string of the molecule is CSCC[C@H](NB(C)O)C(=O)NC(c1cccc(Cl)c1)c1cccc(OCc2ccccc2)c1. The molecule has 0 spiro atoms. The lowest BCUT2D eigenvalue weighted by molar-refractivity contribution is -0.123. The van der Waals surface area contributed by atoms with Gasteiger partial charge in [-0.05, 0) is 66.2 Å². The third-order valence-corrected chi connectivity index (χ3v) is 6.16. The van der Waals surface area contributed by atoms with Crippen molar-refractivity contribution < 1.29 is 14.6 Å². The monoisotopic (exact) mass is 496 g/mol. The Morgan fingerprint density at radius 1 is 1.06 bits per heavy atom. The summed E-state index contributed by atoms with van der Waals surface area (Å²) < 4.78 is 6.01. The zero-order valence-electron chi connectivity index (χ0n) is 19.4. The number of nitrogens with one attached hydrogen (secondary N) is 2. The number of benzene rings is 3. The number of halogens is 1. The molecule has 0 aliphatic heterocycles. The summed E-state index contributed by atoms with van der Waals surface area (Å²) in [6.45, 7) is 2.06. The number of ether oxygens (including phenoxy) is 1. The van der Waals surface area contributed by atoms with Crippen LogP contribution in [0, 0.1) is 0 Å². The van der Waals surface area contributed by atoms with Crippen molar-refractivity contribution in [2.45, 2.75) is 31.9 Å². The first kappa shape index (κ1) is 26.2. The van der Waals surface area contributed by atoms with Gasteiger partial charge in [-0.1, -0.05) is 66.2 Å². The zero-order valence-corrected chi connectivity index (χ0v) is 21.0. The van der Waals surface area contributed by atoms with E-state index in [-0.39, 0.29) is 5.91 Å². The minimum Gasteiger partial charge on any atom is -0.489 e. The van der Waals surface area contributed by atoms with Gasteiger partial charge in [0.05, 0.1) is 12.1 Å². The molecule has 0 heterocycles. The molecular formula is C26H30BClN2O3S. The second-order valence-electron chi connectivity index (χ2n) is 8.02. The van der Waals surface area contributed by atoms with E-state index in [0.717, 1.165) is 22.4 Å². The molecule has 0 aliphatic carbocycles. The molecule has 5 nitrogen and oxygen atoms in total. The van der Waals surface area contributed by atoms with E-state index >= 15 is 0 Å². The van der Waals surface area contributed by atoms with Crippen LogP contribution in [-0.2, 0) is 11.4 Å². The molecule has 0 bridgehead atoms. The number of amides is 1. The smallest absolute Gasteiger partial charge is 0.374 e. The fraction of sp³-hybridized carbons (Fsp3) is 0.269. The summed E-state index contributed by atoms with van der Waals surface area (Å²) in [7, 11) is -0.794. The third kappa shape index (κ3) is 8.10. The molecule has 8 heteroatoms. The largest absolute Gasteiger partial charge is 0.489 e. The van der Waals surface area contributed by atoms with Crippen LogP contribution in [0.3, 0.4) is 0 Å². The first-order valence-corrected chi connectivity index (χ1v) is 13.0. The zero-order chi connectivity index (χ0) is 24.3. The van der Waals surface area contributed by atoms with Gasteiger partial charge in [0.15, 0.2) is 0 Å². The van der Waals surface area contributed by atoms with E-state index in [1.54, 1.807) is 24.7 Å². The molecule has 3 aromatic rings. The summed E-state index contributed by atoms with van der Waals surface area (Å²) in [6, 6.07) is 24.2. The highest BCUT2D eigenvalue weighted by molar-refractivity contribution is 7.98. The summed E-state index contributed by atoms with van der Waals surface area (Å²) >= 11 is 7.93. The number of hydrogen-bond acceptors (Lipinski definition) is 5. The Labute approximate surface area is 211 Å². The van der Waals surface area contributed by atoms with Gasteiger partial charge in [0.1, 0.15) is 12.4 Å². The summed E-state index contributed by atoms with van der Waals surface area (Å²) in [5.41, 5.74) is 2.82. The van der Waals surface area contributed by atoms with Crippen LogP contribution in [0.4, 0.5) is 0 Å². The molecule has 0 saturated carbocycles. The van der Waals surface area contributed by atoms with Gasteiger partial charge in [0, 0.05) is 5.02 Å². The van der Waals surface area contributed by atoms with Crippen molar-refractivity contribution in [1.82, 2.24) is 10.5 Å². The molecule has 0 aromatic heterocycles. The summed E-state index contributed by atoms with van der Waals surface area (Å²) in [4.78, 5) is 13.3. The van der Waals surface area contributed by atoms with Crippen molar-refractivity contribution in [2.75, 3.05) is 12.0 Å². The van der Waals surface area contributed by atoms with E-state index in [1.165, 1.54) is 0 Å². The third-order valence-electron chi connectivity index (χ3n) is 5.28. The molecule has 178 valence electrons. The molecule has 2 atom stereocenters. The van der Waals surface area contributed by atoms with E-state index in [0.29, 0.717) is 23.8 Å². The van der Waals surface area contributed by atoms with Gasteiger partial charge in [-0.3, -0.25) is 4.79 Å². The first-order chi connectivity index (χ1) is 16.5. The maximum Gasteiger partial charge on any atom is 0.374 e. The number of thioether (sulfide) groups is 1. The highest BCUT2D eigenvalue weighted by Crippen LogP contribution is 2.28. The number of carbonyl (C=O) groups is 1. The fourth-order valence-electron chi connectivity index (χ4n) is 3.63. The van der Waals surface area contributed by atoms with Crippen molar-refractivity contribution in [1.29, 1.82) is 0 Å². The highest BCUT2D eigenvalue weighted by Gasteiger charge is 2.25. The van der Waals surface area contributed by atoms with Gasteiger partial charge >= 0.3 is 7.05 Å². The molecule has 0 saturated heterocycles. The lowest BCUT2D eigenvalue weighted by Gasteiger charge is -2.25. The molecule has 3 aromatic carbocycles. The first-order valence-electron chi connectivity index (χ1n) is 11.2. The van der Waals surface area contributed by atoms with Crippen LogP contribution in [0.2, 0.25) is 11.8 Å². The average molecular weight is 497 g/mol. The number of carbonyl (C=O) groups excluding carboxylic acids is 1. The van der Waals surface area contributed by atoms with Crippen LogP contribution in [0.15, 0.2) is 78.9 Å². The van der Waals surface area contributed by atoms with Gasteiger partial charge in [0.2, 0.25) is 5.91 Å². The Morgan fingerprint density at radius 2 is 1.76 bits per heavy atom. The van der Waals surface area contributed by atoms with Gasteiger partial charge in [-0.15, -0.1) is 0 Å². The average Bonchev–Trinajstić information content (AvgIpc) is 2.84. The Hall–Kier alpha value is -2.45. The van der Waals surface area contributed by atoms with Gasteiger partial charge < -0.3 is 20.3 Å². The van der Waals surface area contributed by atoms with Crippen LogP contribution in [-0.4, -0.2) is 36.0 Å². The van der Waals surface area contributed by atoms with Crippen LogP contribution in [0.5, 0.6) is 5.75 Å². The van der Waals surface area contributed by atoms with Crippen molar-refractivity contribution in [2.24, 2.45) is 0 Å². The topological polar surface area (TPSA) is 70.6 Å². The number of hydrogen-bond donors (Lipinski definition) is 3. The Morgan fingerprint density at radius 3 is 2.44 bits per heavy atom. The van der Waals surface area contributed by atoms with E-state index < -0.39 is 19.1 Å². The van der Waals surface area contributed by atoms with E-state index in [1.807, 2.05) is 79.1 Å². The quantitative estimate of drug-likeness (QED) is 0.310. The number of rotatable bonds is 12. The molecule has 3 rings (SSSR count). The lowest BCUT2D eigenvalue weighted by Crippen LogP contribution is -2.50. The van der Waals surface area contributed by atoms with Crippen molar-refractivity contribution in [3.05, 3.63) is 101 Å². The van der Waals surface area contributed by atoms with E-state index in [4.69, 9.17) is 16.3 Å². The fourth-order valence-corrected chi connectivity index (χ4v) is 4.30. The molecule has 1 amide bonds. The Balaban J connectivity index is 1.85. The predicted molar refractivity (Wildman–Crippen MR) is 142 cm³/mol. The lowest BCUT2D eigenvalue weighted by atomic mass is 9.86. The van der Waals surface area contributed by atoms with Crippen LogP contribution < -0.4 is 15.3 Å². The van der Waals surface area contributed by atoms with Crippen LogP contribution in [0.25, 0.3) is 0 Å². The van der Waals surface area contributed by atoms with Crippen LogP contribution in [0.1, 0.15) is 29.2 Å². The van der Waals surface area contributed by atoms with E-state index in [9.17, 15) is 9.82 Å². The highest BCUT2D eigenvalue weighted by atomic mass is 35.5. The van der Waals surface area contributed by atoms with Crippen molar-refractivity contribution in [3.63, 3.8) is 0 Å². The molecule has 0 aliphatic rings. The molecule has 34 heavy (non-hydrogen) atoms. The predicted octanol–water partition coefficient (Wildman–Crippen LogP) is 4.95. The van der Waals surface area contributed by atoms with Gasteiger partial charge in [0.25, 0.3) is 0 Å². The molecular weight excluding hydrogens is 467 g/mol. The summed E-state index contributed by atoms with van der Waals surface area (Å²) in [5, 5.41) is 16.5. The summed E-state index contributed by atoms with van der Waals surface area (Å²) in [5.74, 6) is 1.32. The van der Waals surface area contributed by atoms with Gasteiger partial charge in [-0.25, -0.2) is 0 Å². The summed E-state index contributed by atoms with van der Waals surface area (Å²) in [6.07, 6.45) is 2.59. The normalized spacial score (nSPS) is 12.6. The van der Waals surface area contributed by atoms with Gasteiger partial charge in [-0.2, -0.15) is 11.8 Å². The molecule has 3 N–H and O–H groups in total. The second-order valence-corrected chi connectivity index (χ2v) is 9.44. The second kappa shape index (κ2) is 13.4. The standard InChI is InChI=1S/C26H30BClN2O3S/c1-27(32)30-24(14-15-34-2)26(31)29-25(20-10-6-12-22(28)16-20)21-11-7-13-23(17-21)33-18-19-8-4-3-5-9-19/h3-13,16-17,24-25,30,32H,14-15,18H2,1-2H3,(H,29,31)/t24-,25?/m0/s1. The van der Waals surface area contributed by atoms with Crippen molar-refractivity contribution in [3.8, 4) is 5.75 Å². The maximum atomic E-state index is 13.3. The van der Waals surface area contributed by atoms with Crippen molar-refractivity contribution >= 4 is 36.3 Å². The molecule has 1 unspecified atom stereocenters. The minimum absolute atomic E-state index is 0.185. The minimum atomic E-state index is -0.794. The maximum absolute atomic E-state index is 13.3. The molecule has 0 radical (unpaired) electrons. The van der Waals surface area contributed by atoms with E-state index in [2.05, 4.69) is 10.5 Å².